The zero-order chi connectivity index (χ0) is 10.3. The standard InChI is InChI=1S/C13H19NS.ClH/c1-3-7-13(8-4-1)15-12-11-14-9-5-2-6-10-14;/h1,3-4,7-8H,2,5-6,9-12H2;1H. The van der Waals surface area contributed by atoms with Gasteiger partial charge in [-0.3, -0.25) is 0 Å². The van der Waals surface area contributed by atoms with Crippen LogP contribution in [0.4, 0.5) is 0 Å². The number of nitrogens with zero attached hydrogens (tertiary/aromatic N) is 1. The van der Waals surface area contributed by atoms with Crippen LogP contribution < -0.4 is 0 Å². The first-order valence-corrected chi connectivity index (χ1v) is 6.84. The number of hydrogen-bond donors (Lipinski definition) is 0. The van der Waals surface area contributed by atoms with E-state index in [0.29, 0.717) is 0 Å². The average Bonchev–Trinajstić information content (AvgIpc) is 2.32. The Labute approximate surface area is 109 Å². The minimum Gasteiger partial charge on any atom is -0.303 e. The van der Waals surface area contributed by atoms with Crippen molar-refractivity contribution in [2.24, 2.45) is 0 Å². The highest BCUT2D eigenvalue weighted by Gasteiger charge is 2.08. The van der Waals surface area contributed by atoms with Crippen molar-refractivity contribution in [3.05, 3.63) is 30.3 Å². The van der Waals surface area contributed by atoms with Crippen molar-refractivity contribution in [3.8, 4) is 0 Å². The monoisotopic (exact) mass is 257 g/mol. The summed E-state index contributed by atoms with van der Waals surface area (Å²) in [5.41, 5.74) is 0. The Bertz CT molecular complexity index is 273. The molecular weight excluding hydrogens is 238 g/mol. The zero-order valence-corrected chi connectivity index (χ0v) is 11.2. The molecule has 1 aromatic rings. The van der Waals surface area contributed by atoms with E-state index in [0.717, 1.165) is 0 Å². The van der Waals surface area contributed by atoms with Crippen LogP contribution in [0.1, 0.15) is 19.3 Å². The molecule has 0 amide bonds. The number of likely N-dealkylation sites (tertiary alicyclic amines) is 1. The predicted octanol–water partition coefficient (Wildman–Crippen LogP) is 3.69. The van der Waals surface area contributed by atoms with Gasteiger partial charge in [0.25, 0.3) is 0 Å². The van der Waals surface area contributed by atoms with Crippen molar-refractivity contribution >= 4 is 24.2 Å². The van der Waals surface area contributed by atoms with Crippen LogP contribution >= 0.6 is 24.2 Å². The summed E-state index contributed by atoms with van der Waals surface area (Å²) in [5.74, 6) is 1.23. The molecule has 1 heterocycles. The van der Waals surface area contributed by atoms with Crippen LogP contribution in [-0.4, -0.2) is 30.3 Å². The fraction of sp³-hybridized carbons (Fsp3) is 0.538. The van der Waals surface area contributed by atoms with E-state index in [4.69, 9.17) is 0 Å². The topological polar surface area (TPSA) is 3.24 Å². The lowest BCUT2D eigenvalue weighted by atomic mass is 10.1. The molecule has 1 aliphatic heterocycles. The van der Waals surface area contributed by atoms with Crippen molar-refractivity contribution in [2.75, 3.05) is 25.4 Å². The van der Waals surface area contributed by atoms with Gasteiger partial charge in [-0.25, -0.2) is 0 Å². The zero-order valence-electron chi connectivity index (χ0n) is 9.60. The lowest BCUT2D eigenvalue weighted by Gasteiger charge is -2.26. The lowest BCUT2D eigenvalue weighted by Crippen LogP contribution is -2.31. The third-order valence-corrected chi connectivity index (χ3v) is 3.86. The van der Waals surface area contributed by atoms with Crippen LogP contribution in [0.25, 0.3) is 0 Å². The van der Waals surface area contributed by atoms with Crippen molar-refractivity contribution in [1.82, 2.24) is 4.90 Å². The van der Waals surface area contributed by atoms with Gasteiger partial charge in [-0.2, -0.15) is 0 Å². The van der Waals surface area contributed by atoms with Crippen molar-refractivity contribution < 1.29 is 0 Å². The van der Waals surface area contributed by atoms with Crippen LogP contribution in [0.2, 0.25) is 0 Å². The molecule has 0 spiro atoms. The molecular formula is C13H20ClNS. The largest absolute Gasteiger partial charge is 0.303 e. The lowest BCUT2D eigenvalue weighted by molar-refractivity contribution is 0.242. The molecule has 0 aliphatic carbocycles. The van der Waals surface area contributed by atoms with E-state index in [9.17, 15) is 0 Å². The van der Waals surface area contributed by atoms with Crippen LogP contribution in [0.5, 0.6) is 0 Å². The fourth-order valence-electron chi connectivity index (χ4n) is 1.99. The minimum absolute atomic E-state index is 0. The molecule has 1 fully saturated rings. The van der Waals surface area contributed by atoms with Gasteiger partial charge in [-0.1, -0.05) is 24.6 Å². The van der Waals surface area contributed by atoms with E-state index in [2.05, 4.69) is 35.2 Å². The van der Waals surface area contributed by atoms with Crippen molar-refractivity contribution in [2.45, 2.75) is 24.2 Å². The summed E-state index contributed by atoms with van der Waals surface area (Å²) in [7, 11) is 0. The number of piperidine rings is 1. The molecule has 0 N–H and O–H groups in total. The molecule has 1 aliphatic rings. The van der Waals surface area contributed by atoms with Gasteiger partial charge in [0.2, 0.25) is 0 Å². The number of hydrogen-bond acceptors (Lipinski definition) is 2. The first-order chi connectivity index (χ1) is 7.45. The molecule has 0 saturated carbocycles. The van der Waals surface area contributed by atoms with E-state index in [1.165, 1.54) is 49.5 Å². The molecule has 0 unspecified atom stereocenters. The van der Waals surface area contributed by atoms with Crippen molar-refractivity contribution in [1.29, 1.82) is 0 Å². The van der Waals surface area contributed by atoms with E-state index < -0.39 is 0 Å². The third kappa shape index (κ3) is 4.77. The SMILES string of the molecule is Cl.c1ccc(SCCN2CCCCC2)cc1. The maximum atomic E-state index is 2.60. The summed E-state index contributed by atoms with van der Waals surface area (Å²) in [6.45, 7) is 3.88. The Kier molecular flexibility index (Phi) is 6.93. The highest BCUT2D eigenvalue weighted by atomic mass is 35.5. The minimum atomic E-state index is 0. The average molecular weight is 258 g/mol. The quantitative estimate of drug-likeness (QED) is 0.757. The van der Waals surface area contributed by atoms with E-state index >= 15 is 0 Å². The summed E-state index contributed by atoms with van der Waals surface area (Å²) >= 11 is 1.97. The van der Waals surface area contributed by atoms with Gasteiger partial charge in [-0.05, 0) is 38.1 Å². The Morgan fingerprint density at radius 3 is 2.38 bits per heavy atom. The highest BCUT2D eigenvalue weighted by Crippen LogP contribution is 2.17. The first kappa shape index (κ1) is 13.9. The molecule has 0 bridgehead atoms. The van der Waals surface area contributed by atoms with Crippen LogP contribution in [0.15, 0.2) is 35.2 Å². The number of rotatable bonds is 4. The Hall–Kier alpha value is -0.180. The second kappa shape index (κ2) is 7.99. The number of benzene rings is 1. The molecule has 1 aromatic carbocycles. The Balaban J connectivity index is 0.00000128. The molecule has 1 saturated heterocycles. The maximum absolute atomic E-state index is 2.60. The predicted molar refractivity (Wildman–Crippen MR) is 74.7 cm³/mol. The van der Waals surface area contributed by atoms with Crippen molar-refractivity contribution in [3.63, 3.8) is 0 Å². The Morgan fingerprint density at radius 2 is 1.69 bits per heavy atom. The molecule has 2 rings (SSSR count). The van der Waals surface area contributed by atoms with Gasteiger partial charge >= 0.3 is 0 Å². The van der Waals surface area contributed by atoms with Gasteiger partial charge in [0.1, 0.15) is 0 Å². The van der Waals surface area contributed by atoms with Crippen LogP contribution in [0, 0.1) is 0 Å². The molecule has 0 atom stereocenters. The van der Waals surface area contributed by atoms with E-state index in [-0.39, 0.29) is 12.4 Å². The van der Waals surface area contributed by atoms with E-state index in [1.54, 1.807) is 0 Å². The molecule has 1 nitrogen and oxygen atoms in total. The highest BCUT2D eigenvalue weighted by molar-refractivity contribution is 7.99. The molecule has 0 radical (unpaired) electrons. The Morgan fingerprint density at radius 1 is 1.00 bits per heavy atom. The maximum Gasteiger partial charge on any atom is 0.0108 e. The van der Waals surface area contributed by atoms with Crippen LogP contribution in [0.3, 0.4) is 0 Å². The second-order valence-corrected chi connectivity index (χ2v) is 5.23. The fourth-order valence-corrected chi connectivity index (χ4v) is 2.93. The molecule has 0 aromatic heterocycles. The molecule has 90 valence electrons. The molecule has 3 heteroatoms. The summed E-state index contributed by atoms with van der Waals surface area (Å²) < 4.78 is 0. The summed E-state index contributed by atoms with van der Waals surface area (Å²) in [6.07, 6.45) is 4.23. The van der Waals surface area contributed by atoms with E-state index in [1.807, 2.05) is 11.8 Å². The number of halogens is 1. The first-order valence-electron chi connectivity index (χ1n) is 5.85. The summed E-state index contributed by atoms with van der Waals surface area (Å²) in [6, 6.07) is 10.7. The number of thioether (sulfide) groups is 1. The van der Waals surface area contributed by atoms with Gasteiger partial charge in [0.15, 0.2) is 0 Å². The second-order valence-electron chi connectivity index (χ2n) is 4.06. The van der Waals surface area contributed by atoms with Gasteiger partial charge in [0.05, 0.1) is 0 Å². The molecule has 16 heavy (non-hydrogen) atoms. The van der Waals surface area contributed by atoms with Gasteiger partial charge < -0.3 is 4.90 Å². The summed E-state index contributed by atoms with van der Waals surface area (Å²) in [4.78, 5) is 3.99. The van der Waals surface area contributed by atoms with Gasteiger partial charge in [-0.15, -0.1) is 24.2 Å². The van der Waals surface area contributed by atoms with Gasteiger partial charge in [0, 0.05) is 17.2 Å². The van der Waals surface area contributed by atoms with Crippen LogP contribution in [-0.2, 0) is 0 Å². The normalized spacial score (nSPS) is 16.8. The smallest absolute Gasteiger partial charge is 0.0108 e. The summed E-state index contributed by atoms with van der Waals surface area (Å²) in [5, 5.41) is 0. The third-order valence-electron chi connectivity index (χ3n) is 2.87.